The SMILES string of the molecule is O=C(NCc1nn2c(C3CC3)nnc2s1)c1ccc2c(c1)OCO2. The summed E-state index contributed by atoms with van der Waals surface area (Å²) in [6.07, 6.45) is 2.29. The minimum atomic E-state index is -0.179. The summed E-state index contributed by atoms with van der Waals surface area (Å²) in [7, 11) is 0. The molecule has 1 saturated carbocycles. The fourth-order valence-corrected chi connectivity index (χ4v) is 3.42. The Kier molecular flexibility index (Phi) is 2.96. The summed E-state index contributed by atoms with van der Waals surface area (Å²) in [6.45, 7) is 0.544. The van der Waals surface area contributed by atoms with Crippen LogP contribution in [0.5, 0.6) is 11.5 Å². The highest BCUT2D eigenvalue weighted by molar-refractivity contribution is 7.16. The van der Waals surface area contributed by atoms with Crippen LogP contribution in [-0.2, 0) is 6.54 Å². The molecule has 1 fully saturated rings. The Morgan fingerprint density at radius 2 is 2.17 bits per heavy atom. The zero-order valence-corrected chi connectivity index (χ0v) is 13.4. The molecular weight excluding hydrogens is 330 g/mol. The van der Waals surface area contributed by atoms with Gasteiger partial charge in [0.25, 0.3) is 5.91 Å². The van der Waals surface area contributed by atoms with Crippen LogP contribution in [0.2, 0.25) is 0 Å². The zero-order chi connectivity index (χ0) is 16.1. The van der Waals surface area contributed by atoms with E-state index in [0.29, 0.717) is 29.5 Å². The van der Waals surface area contributed by atoms with E-state index < -0.39 is 0 Å². The van der Waals surface area contributed by atoms with E-state index in [2.05, 4.69) is 20.6 Å². The van der Waals surface area contributed by atoms with Gasteiger partial charge < -0.3 is 14.8 Å². The Hall–Kier alpha value is -2.68. The monoisotopic (exact) mass is 343 g/mol. The molecule has 0 bridgehead atoms. The van der Waals surface area contributed by atoms with Crippen LogP contribution in [0.1, 0.15) is 39.9 Å². The van der Waals surface area contributed by atoms with Gasteiger partial charge in [0.1, 0.15) is 5.01 Å². The summed E-state index contributed by atoms with van der Waals surface area (Å²) in [5, 5.41) is 16.5. The zero-order valence-electron chi connectivity index (χ0n) is 12.6. The molecule has 3 heterocycles. The van der Waals surface area contributed by atoms with E-state index in [1.54, 1.807) is 22.7 Å². The lowest BCUT2D eigenvalue weighted by atomic mass is 10.2. The molecule has 2 aromatic heterocycles. The Morgan fingerprint density at radius 3 is 3.04 bits per heavy atom. The number of amides is 1. The first kappa shape index (κ1) is 13.7. The summed E-state index contributed by atoms with van der Waals surface area (Å²) in [5.74, 6) is 2.48. The largest absolute Gasteiger partial charge is 0.454 e. The van der Waals surface area contributed by atoms with E-state index in [0.717, 1.165) is 28.6 Å². The molecular formula is C15H13N5O3S. The first-order chi connectivity index (χ1) is 11.8. The second kappa shape index (κ2) is 5.17. The van der Waals surface area contributed by atoms with Crippen molar-refractivity contribution in [3.8, 4) is 11.5 Å². The number of benzene rings is 1. The van der Waals surface area contributed by atoms with Crippen molar-refractivity contribution in [3.05, 3.63) is 34.6 Å². The van der Waals surface area contributed by atoms with E-state index in [1.807, 2.05) is 0 Å². The molecule has 2 aliphatic rings. The molecule has 0 radical (unpaired) electrons. The smallest absolute Gasteiger partial charge is 0.251 e. The van der Waals surface area contributed by atoms with Gasteiger partial charge in [-0.3, -0.25) is 4.79 Å². The standard InChI is InChI=1S/C15H13N5O3S/c21-14(9-3-4-10-11(5-9)23-7-22-10)16-6-12-19-20-13(8-1-2-8)17-18-15(20)24-12/h3-5,8H,1-2,6-7H2,(H,16,21). The number of aromatic nitrogens is 4. The van der Waals surface area contributed by atoms with Crippen LogP contribution >= 0.6 is 11.3 Å². The number of nitrogens with zero attached hydrogens (tertiary/aromatic N) is 4. The molecule has 1 aromatic carbocycles. The number of carbonyl (C=O) groups is 1. The van der Waals surface area contributed by atoms with Gasteiger partial charge >= 0.3 is 0 Å². The Labute approximate surface area is 140 Å². The van der Waals surface area contributed by atoms with Gasteiger partial charge in [0.2, 0.25) is 11.8 Å². The van der Waals surface area contributed by atoms with Gasteiger partial charge in [0, 0.05) is 11.5 Å². The molecule has 0 spiro atoms. The van der Waals surface area contributed by atoms with Gasteiger partial charge in [-0.1, -0.05) is 11.3 Å². The van der Waals surface area contributed by atoms with Crippen LogP contribution in [0.15, 0.2) is 18.2 Å². The number of hydrogen-bond acceptors (Lipinski definition) is 7. The van der Waals surface area contributed by atoms with Crippen molar-refractivity contribution in [2.45, 2.75) is 25.3 Å². The summed E-state index contributed by atoms with van der Waals surface area (Å²) in [4.78, 5) is 13.1. The van der Waals surface area contributed by atoms with Gasteiger partial charge in [-0.15, -0.1) is 10.2 Å². The molecule has 1 aliphatic carbocycles. The first-order valence-electron chi connectivity index (χ1n) is 7.67. The van der Waals surface area contributed by atoms with Gasteiger partial charge in [0.05, 0.1) is 6.54 Å². The van der Waals surface area contributed by atoms with Crippen LogP contribution in [0.25, 0.3) is 4.96 Å². The highest BCUT2D eigenvalue weighted by Gasteiger charge is 2.30. The van der Waals surface area contributed by atoms with Crippen molar-refractivity contribution >= 4 is 22.2 Å². The lowest BCUT2D eigenvalue weighted by molar-refractivity contribution is 0.0950. The van der Waals surface area contributed by atoms with Gasteiger partial charge in [0.15, 0.2) is 17.3 Å². The van der Waals surface area contributed by atoms with Crippen molar-refractivity contribution in [2.24, 2.45) is 0 Å². The number of rotatable bonds is 4. The predicted octanol–water partition coefficient (Wildman–Crippen LogP) is 1.72. The normalized spacial score (nSPS) is 15.8. The summed E-state index contributed by atoms with van der Waals surface area (Å²) in [5.41, 5.74) is 0.529. The molecule has 1 N–H and O–H groups in total. The first-order valence-corrected chi connectivity index (χ1v) is 8.48. The molecule has 0 atom stereocenters. The minimum Gasteiger partial charge on any atom is -0.454 e. The number of nitrogens with one attached hydrogen (secondary N) is 1. The molecule has 5 rings (SSSR count). The molecule has 8 nitrogen and oxygen atoms in total. The predicted molar refractivity (Wildman–Crippen MR) is 84.4 cm³/mol. The molecule has 0 saturated heterocycles. The van der Waals surface area contributed by atoms with Crippen LogP contribution in [0, 0.1) is 0 Å². The van der Waals surface area contributed by atoms with Crippen LogP contribution in [-0.4, -0.2) is 32.5 Å². The average Bonchev–Trinajstić information content (AvgIpc) is 3.03. The van der Waals surface area contributed by atoms with Gasteiger partial charge in [-0.05, 0) is 31.0 Å². The number of ether oxygens (including phenoxy) is 2. The van der Waals surface area contributed by atoms with E-state index in [4.69, 9.17) is 9.47 Å². The lowest BCUT2D eigenvalue weighted by Crippen LogP contribution is -2.22. The lowest BCUT2D eigenvalue weighted by Gasteiger charge is -2.04. The molecule has 9 heteroatoms. The third-order valence-electron chi connectivity index (χ3n) is 4.03. The third kappa shape index (κ3) is 2.28. The maximum Gasteiger partial charge on any atom is 0.251 e. The number of carbonyl (C=O) groups excluding carboxylic acids is 1. The van der Waals surface area contributed by atoms with Crippen molar-refractivity contribution in [2.75, 3.05) is 6.79 Å². The summed E-state index contributed by atoms with van der Waals surface area (Å²) in [6, 6.07) is 5.14. The number of hydrogen-bond donors (Lipinski definition) is 1. The summed E-state index contributed by atoms with van der Waals surface area (Å²) >= 11 is 1.44. The quantitative estimate of drug-likeness (QED) is 0.776. The Balaban J connectivity index is 1.31. The van der Waals surface area contributed by atoms with E-state index in [1.165, 1.54) is 11.3 Å². The van der Waals surface area contributed by atoms with Crippen molar-refractivity contribution < 1.29 is 14.3 Å². The summed E-state index contributed by atoms with van der Waals surface area (Å²) < 4.78 is 12.3. The molecule has 1 amide bonds. The van der Waals surface area contributed by atoms with E-state index >= 15 is 0 Å². The molecule has 0 unspecified atom stereocenters. The Morgan fingerprint density at radius 1 is 1.29 bits per heavy atom. The maximum absolute atomic E-state index is 12.3. The van der Waals surface area contributed by atoms with Crippen LogP contribution in [0.4, 0.5) is 0 Å². The fourth-order valence-electron chi connectivity index (χ4n) is 2.63. The fraction of sp³-hybridized carbons (Fsp3) is 0.333. The Bertz CT molecular complexity index is 946. The van der Waals surface area contributed by atoms with Gasteiger partial charge in [-0.2, -0.15) is 9.61 Å². The van der Waals surface area contributed by atoms with E-state index in [9.17, 15) is 4.79 Å². The van der Waals surface area contributed by atoms with Crippen molar-refractivity contribution in [1.29, 1.82) is 0 Å². The third-order valence-corrected chi connectivity index (χ3v) is 4.93. The van der Waals surface area contributed by atoms with Crippen molar-refractivity contribution in [3.63, 3.8) is 0 Å². The highest BCUT2D eigenvalue weighted by atomic mass is 32.1. The molecule has 1 aliphatic heterocycles. The number of fused-ring (bicyclic) bond motifs is 2. The van der Waals surface area contributed by atoms with Crippen molar-refractivity contribution in [1.82, 2.24) is 25.1 Å². The van der Waals surface area contributed by atoms with Gasteiger partial charge in [-0.25, -0.2) is 0 Å². The second-order valence-electron chi connectivity index (χ2n) is 5.77. The molecule has 24 heavy (non-hydrogen) atoms. The topological polar surface area (TPSA) is 90.6 Å². The average molecular weight is 343 g/mol. The minimum absolute atomic E-state index is 0.179. The van der Waals surface area contributed by atoms with Crippen LogP contribution in [0.3, 0.4) is 0 Å². The molecule has 122 valence electrons. The second-order valence-corrected chi connectivity index (χ2v) is 6.81. The van der Waals surface area contributed by atoms with E-state index in [-0.39, 0.29) is 12.7 Å². The molecule has 3 aromatic rings. The van der Waals surface area contributed by atoms with Crippen LogP contribution < -0.4 is 14.8 Å². The highest BCUT2D eigenvalue weighted by Crippen LogP contribution is 2.39. The maximum atomic E-state index is 12.3.